The lowest BCUT2D eigenvalue weighted by atomic mass is 9.98. The minimum Gasteiger partial charge on any atom is -0.466 e. The fourth-order valence-electron chi connectivity index (χ4n) is 2.90. The number of hydrogen-bond acceptors (Lipinski definition) is 4. The first kappa shape index (κ1) is 20.5. The van der Waals surface area contributed by atoms with Crippen molar-refractivity contribution in [2.75, 3.05) is 32.8 Å². The Kier molecular flexibility index (Phi) is 9.42. The van der Waals surface area contributed by atoms with Gasteiger partial charge in [-0.15, -0.1) is 0 Å². The molecular formula is C18H32N2O4. The fourth-order valence-corrected chi connectivity index (χ4v) is 2.90. The Balaban J connectivity index is 2.67. The number of nitrogens with zero attached hydrogens (tertiary/aromatic N) is 2. The van der Waals surface area contributed by atoms with Crippen LogP contribution in [0, 0.1) is 5.92 Å². The first-order valence-corrected chi connectivity index (χ1v) is 9.29. The first-order chi connectivity index (χ1) is 11.5. The van der Waals surface area contributed by atoms with Crippen LogP contribution >= 0.6 is 0 Å². The molecule has 0 bridgehead atoms. The van der Waals surface area contributed by atoms with Crippen molar-refractivity contribution >= 4 is 17.8 Å². The quantitative estimate of drug-likeness (QED) is 0.502. The Morgan fingerprint density at radius 1 is 1.08 bits per heavy atom. The maximum absolute atomic E-state index is 12.6. The van der Waals surface area contributed by atoms with E-state index in [-0.39, 0.29) is 11.9 Å². The van der Waals surface area contributed by atoms with Crippen molar-refractivity contribution in [1.29, 1.82) is 0 Å². The highest BCUT2D eigenvalue weighted by atomic mass is 16.5. The molecule has 1 saturated heterocycles. The van der Waals surface area contributed by atoms with Crippen LogP contribution in [0.4, 0.5) is 0 Å². The van der Waals surface area contributed by atoms with E-state index in [9.17, 15) is 14.4 Å². The van der Waals surface area contributed by atoms with Gasteiger partial charge in [0, 0.05) is 26.2 Å². The number of amides is 2. The fraction of sp³-hybridized carbons (Fsp3) is 0.833. The molecule has 1 aliphatic heterocycles. The highest BCUT2D eigenvalue weighted by molar-refractivity contribution is 6.34. The molecule has 2 amide bonds. The van der Waals surface area contributed by atoms with E-state index in [0.29, 0.717) is 39.2 Å². The van der Waals surface area contributed by atoms with E-state index in [1.54, 1.807) is 11.8 Å². The van der Waals surface area contributed by atoms with Crippen molar-refractivity contribution in [2.45, 2.75) is 59.3 Å². The number of rotatable bonds is 8. The largest absolute Gasteiger partial charge is 0.466 e. The van der Waals surface area contributed by atoms with Crippen LogP contribution in [0.5, 0.6) is 0 Å². The summed E-state index contributed by atoms with van der Waals surface area (Å²) in [6, 6.07) is 0. The lowest BCUT2D eigenvalue weighted by molar-refractivity contribution is -0.156. The molecule has 6 nitrogen and oxygen atoms in total. The van der Waals surface area contributed by atoms with Gasteiger partial charge in [-0.05, 0) is 32.6 Å². The van der Waals surface area contributed by atoms with Gasteiger partial charge in [0.15, 0.2) is 0 Å². The van der Waals surface area contributed by atoms with E-state index in [0.717, 1.165) is 32.1 Å². The van der Waals surface area contributed by atoms with Crippen LogP contribution in [-0.4, -0.2) is 60.4 Å². The standard InChI is InChI=1S/C18H32N2O4/c1-4-7-11-19(12-8-5-2)16(21)17(22)20-13-9-10-15(14-20)18(23)24-6-3/h15H,4-14H2,1-3H3. The van der Waals surface area contributed by atoms with Crippen LogP contribution in [0.25, 0.3) is 0 Å². The second kappa shape index (κ2) is 11.0. The smallest absolute Gasteiger partial charge is 0.312 e. The number of esters is 1. The third-order valence-corrected chi connectivity index (χ3v) is 4.36. The van der Waals surface area contributed by atoms with E-state index >= 15 is 0 Å². The molecule has 1 atom stereocenters. The molecule has 0 radical (unpaired) electrons. The molecule has 0 aromatic heterocycles. The van der Waals surface area contributed by atoms with Crippen molar-refractivity contribution in [1.82, 2.24) is 9.80 Å². The zero-order chi connectivity index (χ0) is 17.9. The summed E-state index contributed by atoms with van der Waals surface area (Å²) >= 11 is 0. The second-order valence-electron chi connectivity index (χ2n) is 6.34. The molecule has 0 aliphatic carbocycles. The monoisotopic (exact) mass is 340 g/mol. The summed E-state index contributed by atoms with van der Waals surface area (Å²) in [5.74, 6) is -1.48. The molecule has 0 saturated carbocycles. The number of hydrogen-bond donors (Lipinski definition) is 0. The Morgan fingerprint density at radius 3 is 2.25 bits per heavy atom. The summed E-state index contributed by atoms with van der Waals surface area (Å²) in [4.78, 5) is 40.2. The van der Waals surface area contributed by atoms with E-state index in [1.807, 2.05) is 0 Å². The van der Waals surface area contributed by atoms with Crippen LogP contribution < -0.4 is 0 Å². The average Bonchev–Trinajstić information content (AvgIpc) is 2.61. The van der Waals surface area contributed by atoms with Gasteiger partial charge < -0.3 is 14.5 Å². The number of ether oxygens (including phenoxy) is 1. The predicted molar refractivity (Wildman–Crippen MR) is 92.3 cm³/mol. The Morgan fingerprint density at radius 2 is 1.71 bits per heavy atom. The van der Waals surface area contributed by atoms with Gasteiger partial charge >= 0.3 is 17.8 Å². The van der Waals surface area contributed by atoms with Crippen molar-refractivity contribution < 1.29 is 19.1 Å². The minimum atomic E-state index is -0.476. The topological polar surface area (TPSA) is 66.9 Å². The maximum atomic E-state index is 12.6. The lowest BCUT2D eigenvalue weighted by Crippen LogP contribution is -2.50. The minimum absolute atomic E-state index is 0.267. The van der Waals surface area contributed by atoms with E-state index in [2.05, 4.69) is 13.8 Å². The first-order valence-electron chi connectivity index (χ1n) is 9.29. The van der Waals surface area contributed by atoms with Gasteiger partial charge in [0.25, 0.3) is 0 Å². The van der Waals surface area contributed by atoms with Crippen LogP contribution in [0.15, 0.2) is 0 Å². The van der Waals surface area contributed by atoms with Gasteiger partial charge in [-0.1, -0.05) is 26.7 Å². The van der Waals surface area contributed by atoms with Gasteiger partial charge in [0.2, 0.25) is 0 Å². The molecule has 6 heteroatoms. The molecular weight excluding hydrogens is 308 g/mol. The summed E-state index contributed by atoms with van der Waals surface area (Å²) in [5.41, 5.74) is 0. The molecule has 0 aromatic rings. The molecule has 1 fully saturated rings. The normalized spacial score (nSPS) is 17.5. The summed E-state index contributed by atoms with van der Waals surface area (Å²) in [6.45, 7) is 8.31. The van der Waals surface area contributed by atoms with Gasteiger partial charge in [0.1, 0.15) is 0 Å². The van der Waals surface area contributed by atoms with E-state index in [4.69, 9.17) is 4.74 Å². The Bertz CT molecular complexity index is 417. The zero-order valence-electron chi connectivity index (χ0n) is 15.4. The summed E-state index contributed by atoms with van der Waals surface area (Å²) in [7, 11) is 0. The summed E-state index contributed by atoms with van der Waals surface area (Å²) in [6.07, 6.45) is 5.21. The summed E-state index contributed by atoms with van der Waals surface area (Å²) in [5, 5.41) is 0. The maximum Gasteiger partial charge on any atom is 0.312 e. The van der Waals surface area contributed by atoms with Crippen LogP contribution in [-0.2, 0) is 19.1 Å². The number of unbranched alkanes of at least 4 members (excludes halogenated alkanes) is 2. The SMILES string of the molecule is CCCCN(CCCC)C(=O)C(=O)N1CCCC(C(=O)OCC)C1. The van der Waals surface area contributed by atoms with Crippen molar-refractivity contribution in [3.05, 3.63) is 0 Å². The molecule has 0 aromatic carbocycles. The molecule has 138 valence electrons. The van der Waals surface area contributed by atoms with Crippen LogP contribution in [0.1, 0.15) is 59.3 Å². The Hall–Kier alpha value is -1.59. The number of piperidine rings is 1. The Labute approximate surface area is 145 Å². The lowest BCUT2D eigenvalue weighted by Gasteiger charge is -2.32. The molecule has 24 heavy (non-hydrogen) atoms. The van der Waals surface area contributed by atoms with Gasteiger partial charge in [-0.2, -0.15) is 0 Å². The average molecular weight is 340 g/mol. The number of carbonyl (C=O) groups is 3. The molecule has 0 spiro atoms. The van der Waals surface area contributed by atoms with E-state index in [1.165, 1.54) is 4.90 Å². The highest BCUT2D eigenvalue weighted by Crippen LogP contribution is 2.18. The van der Waals surface area contributed by atoms with Crippen molar-refractivity contribution in [3.8, 4) is 0 Å². The number of likely N-dealkylation sites (tertiary alicyclic amines) is 1. The second-order valence-corrected chi connectivity index (χ2v) is 6.34. The molecule has 1 unspecified atom stereocenters. The third kappa shape index (κ3) is 6.13. The van der Waals surface area contributed by atoms with Crippen molar-refractivity contribution in [3.63, 3.8) is 0 Å². The highest BCUT2D eigenvalue weighted by Gasteiger charge is 2.33. The molecule has 1 heterocycles. The molecule has 0 N–H and O–H groups in total. The van der Waals surface area contributed by atoms with Crippen molar-refractivity contribution in [2.24, 2.45) is 5.92 Å². The third-order valence-electron chi connectivity index (χ3n) is 4.36. The predicted octanol–water partition coefficient (Wildman–Crippen LogP) is 2.22. The summed E-state index contributed by atoms with van der Waals surface area (Å²) < 4.78 is 5.05. The number of carbonyl (C=O) groups excluding carboxylic acids is 3. The molecule has 1 rings (SSSR count). The van der Waals surface area contributed by atoms with E-state index < -0.39 is 11.8 Å². The van der Waals surface area contributed by atoms with Gasteiger partial charge in [0.05, 0.1) is 12.5 Å². The molecule has 1 aliphatic rings. The van der Waals surface area contributed by atoms with Crippen LogP contribution in [0.2, 0.25) is 0 Å². The van der Waals surface area contributed by atoms with Gasteiger partial charge in [-0.3, -0.25) is 14.4 Å². The van der Waals surface area contributed by atoms with Crippen LogP contribution in [0.3, 0.4) is 0 Å². The zero-order valence-corrected chi connectivity index (χ0v) is 15.4. The van der Waals surface area contributed by atoms with Gasteiger partial charge in [-0.25, -0.2) is 0 Å².